The average molecular weight is 468 g/mol. The van der Waals surface area contributed by atoms with E-state index in [-0.39, 0.29) is 11.6 Å². The Morgan fingerprint density at radius 3 is 2.74 bits per heavy atom. The zero-order chi connectivity index (χ0) is 24.4. The molecule has 0 spiro atoms. The lowest BCUT2D eigenvalue weighted by Crippen LogP contribution is -2.12. The third kappa shape index (κ3) is 4.66. The Labute approximate surface area is 202 Å². The molecule has 35 heavy (non-hydrogen) atoms. The number of aryl methyl sites for hydroxylation is 1. The van der Waals surface area contributed by atoms with E-state index in [0.29, 0.717) is 41.9 Å². The number of carbonyl (C=O) groups is 1. The monoisotopic (exact) mass is 467 g/mol. The molecule has 2 N–H and O–H groups in total. The second-order valence-electron chi connectivity index (χ2n) is 8.80. The van der Waals surface area contributed by atoms with Crippen LogP contribution in [0.25, 0.3) is 10.9 Å². The van der Waals surface area contributed by atoms with Crippen LogP contribution in [0.15, 0.2) is 60.8 Å². The minimum Gasteiger partial charge on any atom is -0.478 e. The number of nitriles is 1. The van der Waals surface area contributed by atoms with Crippen molar-refractivity contribution >= 4 is 28.4 Å². The molecular formula is C27H25N5O3. The highest BCUT2D eigenvalue weighted by molar-refractivity contribution is 5.96. The second kappa shape index (κ2) is 9.47. The number of aromatic nitrogens is 3. The van der Waals surface area contributed by atoms with Crippen LogP contribution >= 0.6 is 0 Å². The van der Waals surface area contributed by atoms with Gasteiger partial charge in [-0.05, 0) is 61.1 Å². The Morgan fingerprint density at radius 1 is 1.26 bits per heavy atom. The molecule has 2 aromatic heterocycles. The minimum absolute atomic E-state index is 0.0291. The number of fused-ring (bicyclic) bond motifs is 1. The lowest BCUT2D eigenvalue weighted by molar-refractivity contribution is 0.0696. The van der Waals surface area contributed by atoms with Crippen molar-refractivity contribution < 1.29 is 14.6 Å². The van der Waals surface area contributed by atoms with Gasteiger partial charge >= 0.3 is 5.97 Å². The number of pyridine rings is 1. The number of benzene rings is 2. The normalized spacial score (nSPS) is 13.8. The zero-order valence-corrected chi connectivity index (χ0v) is 19.3. The summed E-state index contributed by atoms with van der Waals surface area (Å²) in [7, 11) is 0. The maximum Gasteiger partial charge on any atom is 0.335 e. The number of hydrogen-bond donors (Lipinski definition) is 2. The van der Waals surface area contributed by atoms with Crippen LogP contribution in [0.2, 0.25) is 0 Å². The molecule has 0 radical (unpaired) electrons. The Balaban J connectivity index is 1.57. The maximum atomic E-state index is 11.4. The van der Waals surface area contributed by atoms with Gasteiger partial charge in [0.2, 0.25) is 5.88 Å². The highest BCUT2D eigenvalue weighted by Crippen LogP contribution is 2.44. The molecule has 8 heteroatoms. The van der Waals surface area contributed by atoms with E-state index in [4.69, 9.17) is 9.84 Å². The lowest BCUT2D eigenvalue weighted by Gasteiger charge is -2.14. The summed E-state index contributed by atoms with van der Waals surface area (Å²) < 4.78 is 8.06. The first-order valence-electron chi connectivity index (χ1n) is 11.6. The van der Waals surface area contributed by atoms with Gasteiger partial charge in [-0.25, -0.2) is 9.78 Å². The largest absolute Gasteiger partial charge is 0.478 e. The molecule has 1 fully saturated rings. The van der Waals surface area contributed by atoms with Crippen LogP contribution < -0.4 is 10.1 Å². The van der Waals surface area contributed by atoms with Gasteiger partial charge in [-0.2, -0.15) is 10.4 Å². The number of carboxylic acid groups (broad SMARTS) is 1. The van der Waals surface area contributed by atoms with Gasteiger partial charge in [0, 0.05) is 11.9 Å². The summed E-state index contributed by atoms with van der Waals surface area (Å²) in [4.78, 5) is 15.9. The highest BCUT2D eigenvalue weighted by atomic mass is 16.5. The van der Waals surface area contributed by atoms with Gasteiger partial charge in [0.15, 0.2) is 5.82 Å². The van der Waals surface area contributed by atoms with E-state index in [1.54, 1.807) is 31.3 Å². The first-order valence-corrected chi connectivity index (χ1v) is 11.6. The van der Waals surface area contributed by atoms with Crippen molar-refractivity contribution in [2.75, 3.05) is 5.32 Å². The molecule has 1 aliphatic carbocycles. The highest BCUT2D eigenvalue weighted by Gasteiger charge is 2.35. The number of nitrogens with one attached hydrogen (secondary N) is 1. The molecule has 2 aromatic carbocycles. The Morgan fingerprint density at radius 2 is 2.06 bits per heavy atom. The summed E-state index contributed by atoms with van der Waals surface area (Å²) in [6.07, 6.45) is 4.23. The molecule has 8 nitrogen and oxygen atoms in total. The van der Waals surface area contributed by atoms with Crippen molar-refractivity contribution in [3.8, 4) is 11.9 Å². The molecule has 0 aliphatic heterocycles. The van der Waals surface area contributed by atoms with Crippen LogP contribution in [0, 0.1) is 24.2 Å². The molecule has 0 amide bonds. The number of ether oxygens (including phenoxy) is 1. The number of rotatable bonds is 9. The SMILES string of the molecule is Cc1cc(Nc2nn(C(CC#N)C3CC3)c3ccnc(OCc4ccccc4)c23)ccc1C(=O)O. The van der Waals surface area contributed by atoms with Gasteiger partial charge in [0.05, 0.1) is 29.6 Å². The first kappa shape index (κ1) is 22.4. The molecule has 1 aliphatic rings. The van der Waals surface area contributed by atoms with Crippen molar-refractivity contribution in [3.63, 3.8) is 0 Å². The molecule has 5 rings (SSSR count). The maximum absolute atomic E-state index is 11.4. The van der Waals surface area contributed by atoms with Crippen LogP contribution in [-0.2, 0) is 6.61 Å². The van der Waals surface area contributed by atoms with Crippen LogP contribution in [0.4, 0.5) is 11.5 Å². The van der Waals surface area contributed by atoms with Crippen LogP contribution in [-0.4, -0.2) is 25.8 Å². The van der Waals surface area contributed by atoms with Gasteiger partial charge in [-0.15, -0.1) is 0 Å². The van der Waals surface area contributed by atoms with Crippen molar-refractivity contribution in [3.05, 3.63) is 77.5 Å². The molecule has 0 saturated heterocycles. The van der Waals surface area contributed by atoms with E-state index in [1.165, 1.54) is 0 Å². The standard InChI is InChI=1S/C27H25N5O3/c1-17-15-20(9-10-21(17)27(33)34)30-25-24-23(32(31-25)22(11-13-28)19-7-8-19)12-14-29-26(24)35-16-18-5-3-2-4-6-18/h2-6,9-10,12,14-15,19,22H,7-8,11,16H2,1H3,(H,30,31)(H,33,34). The number of anilines is 2. The summed E-state index contributed by atoms with van der Waals surface area (Å²) in [6.45, 7) is 2.12. The predicted octanol–water partition coefficient (Wildman–Crippen LogP) is 5.63. The molecular weight excluding hydrogens is 442 g/mol. The number of nitrogens with zero attached hydrogens (tertiary/aromatic N) is 4. The van der Waals surface area contributed by atoms with Crippen molar-refractivity contribution in [1.29, 1.82) is 5.26 Å². The van der Waals surface area contributed by atoms with Crippen molar-refractivity contribution in [2.45, 2.75) is 38.8 Å². The fourth-order valence-electron chi connectivity index (χ4n) is 4.38. The second-order valence-corrected chi connectivity index (χ2v) is 8.80. The fraction of sp³-hybridized carbons (Fsp3) is 0.259. The van der Waals surface area contributed by atoms with E-state index >= 15 is 0 Å². The smallest absolute Gasteiger partial charge is 0.335 e. The van der Waals surface area contributed by atoms with Gasteiger partial charge < -0.3 is 15.2 Å². The quantitative estimate of drug-likeness (QED) is 0.328. The summed E-state index contributed by atoms with van der Waals surface area (Å²) in [6, 6.07) is 19.1. The molecule has 1 saturated carbocycles. The third-order valence-corrected chi connectivity index (χ3v) is 6.30. The van der Waals surface area contributed by atoms with Gasteiger partial charge in [-0.3, -0.25) is 4.68 Å². The number of hydrogen-bond acceptors (Lipinski definition) is 6. The third-order valence-electron chi connectivity index (χ3n) is 6.30. The Kier molecular flexibility index (Phi) is 6.06. The van der Waals surface area contributed by atoms with Crippen LogP contribution in [0.3, 0.4) is 0 Å². The van der Waals surface area contributed by atoms with E-state index in [9.17, 15) is 15.2 Å². The van der Waals surface area contributed by atoms with E-state index < -0.39 is 5.97 Å². The fourth-order valence-corrected chi connectivity index (χ4v) is 4.38. The minimum atomic E-state index is -0.964. The summed E-state index contributed by atoms with van der Waals surface area (Å²) in [5.74, 6) is 0.464. The molecule has 176 valence electrons. The number of aromatic carboxylic acids is 1. The summed E-state index contributed by atoms with van der Waals surface area (Å²) in [5, 5.41) is 27.8. The van der Waals surface area contributed by atoms with Crippen LogP contribution in [0.5, 0.6) is 5.88 Å². The molecule has 1 atom stereocenters. The van der Waals surface area contributed by atoms with Gasteiger partial charge in [-0.1, -0.05) is 30.3 Å². The Hall–Kier alpha value is -4.38. The topological polar surface area (TPSA) is 113 Å². The molecule has 2 heterocycles. The van der Waals surface area contributed by atoms with Crippen LogP contribution in [0.1, 0.15) is 46.8 Å². The van der Waals surface area contributed by atoms with E-state index in [0.717, 1.165) is 29.3 Å². The molecule has 1 unspecified atom stereocenters. The average Bonchev–Trinajstić information content (AvgIpc) is 3.64. The van der Waals surface area contributed by atoms with Crippen molar-refractivity contribution in [2.24, 2.45) is 5.92 Å². The lowest BCUT2D eigenvalue weighted by atomic mass is 10.1. The van der Waals surface area contributed by atoms with Crippen molar-refractivity contribution in [1.82, 2.24) is 14.8 Å². The summed E-state index contributed by atoms with van der Waals surface area (Å²) in [5.41, 5.74) is 3.47. The Bertz CT molecular complexity index is 1420. The van der Waals surface area contributed by atoms with E-state index in [2.05, 4.69) is 16.4 Å². The summed E-state index contributed by atoms with van der Waals surface area (Å²) >= 11 is 0. The van der Waals surface area contributed by atoms with E-state index in [1.807, 2.05) is 41.1 Å². The zero-order valence-electron chi connectivity index (χ0n) is 19.3. The first-order chi connectivity index (χ1) is 17.0. The molecule has 4 aromatic rings. The van der Waals surface area contributed by atoms with Gasteiger partial charge in [0.25, 0.3) is 0 Å². The van der Waals surface area contributed by atoms with Gasteiger partial charge in [0.1, 0.15) is 12.0 Å². The molecule has 0 bridgehead atoms. The predicted molar refractivity (Wildman–Crippen MR) is 132 cm³/mol. The number of carboxylic acids is 1.